The number of nitrogens with one attached hydrogen (secondary N) is 1. The first kappa shape index (κ1) is 16.1. The number of rotatable bonds is 9. The van der Waals surface area contributed by atoms with E-state index in [1.54, 1.807) is 21.3 Å². The molecule has 1 aliphatic carbocycles. The Balaban J connectivity index is 2.11. The van der Waals surface area contributed by atoms with Gasteiger partial charge < -0.3 is 25.3 Å². The molecule has 0 bridgehead atoms. The largest absolute Gasteiger partial charge is 0.492 e. The number of nitrogen functional groups attached to an aromatic ring is 1. The summed E-state index contributed by atoms with van der Waals surface area (Å²) in [5, 5.41) is 3.99. The number of nitrogens with two attached hydrogens (primary N) is 1. The lowest BCUT2D eigenvalue weighted by Crippen LogP contribution is -2.26. The highest BCUT2D eigenvalue weighted by Gasteiger charge is 2.34. The first-order valence-corrected chi connectivity index (χ1v) is 7.70. The maximum absolute atomic E-state index is 12.2. The zero-order valence-electron chi connectivity index (χ0n) is 12.6. The van der Waals surface area contributed by atoms with Gasteiger partial charge in [0.2, 0.25) is 0 Å². The Hall–Kier alpha value is -1.31. The van der Waals surface area contributed by atoms with Gasteiger partial charge in [0.1, 0.15) is 5.00 Å². The summed E-state index contributed by atoms with van der Waals surface area (Å²) in [7, 11) is 4.81. The molecule has 1 fully saturated rings. The fourth-order valence-corrected chi connectivity index (χ4v) is 3.18. The summed E-state index contributed by atoms with van der Waals surface area (Å²) >= 11 is 1.35. The molecule has 3 N–H and O–H groups in total. The van der Waals surface area contributed by atoms with Crippen LogP contribution in [0.3, 0.4) is 0 Å². The van der Waals surface area contributed by atoms with Crippen LogP contribution < -0.4 is 15.8 Å². The van der Waals surface area contributed by atoms with Crippen molar-refractivity contribution in [3.8, 4) is 5.75 Å². The van der Waals surface area contributed by atoms with Crippen molar-refractivity contribution in [2.24, 2.45) is 5.92 Å². The summed E-state index contributed by atoms with van der Waals surface area (Å²) < 4.78 is 15.7. The highest BCUT2D eigenvalue weighted by Crippen LogP contribution is 2.46. The SMILES string of the molecule is COCC(CNc1sc(C(=O)C2CC2)c(N)c1OC)OC. The third kappa shape index (κ3) is 3.66. The number of ether oxygens (including phenoxy) is 3. The lowest BCUT2D eigenvalue weighted by Gasteiger charge is -2.15. The molecule has 118 valence electrons. The summed E-state index contributed by atoms with van der Waals surface area (Å²) in [5.74, 6) is 0.809. The van der Waals surface area contributed by atoms with Crippen molar-refractivity contribution in [1.29, 1.82) is 0 Å². The van der Waals surface area contributed by atoms with E-state index in [2.05, 4.69) is 5.32 Å². The third-order valence-electron chi connectivity index (χ3n) is 3.45. The molecular formula is C14H22N2O4S. The van der Waals surface area contributed by atoms with Crippen molar-refractivity contribution >= 4 is 27.8 Å². The number of Topliss-reactive ketones (excluding diaryl/α,β-unsaturated/α-hetero) is 1. The summed E-state index contributed by atoms with van der Waals surface area (Å²) in [6.45, 7) is 1.04. The first-order valence-electron chi connectivity index (χ1n) is 6.88. The summed E-state index contributed by atoms with van der Waals surface area (Å²) in [6, 6.07) is 0. The molecule has 21 heavy (non-hydrogen) atoms. The van der Waals surface area contributed by atoms with E-state index < -0.39 is 0 Å². The Kier molecular flexibility index (Phi) is 5.44. The molecule has 1 atom stereocenters. The van der Waals surface area contributed by atoms with Crippen LogP contribution in [0.25, 0.3) is 0 Å². The summed E-state index contributed by atoms with van der Waals surface area (Å²) in [5.41, 5.74) is 6.48. The molecule has 1 aromatic rings. The van der Waals surface area contributed by atoms with Crippen molar-refractivity contribution in [3.63, 3.8) is 0 Å². The van der Waals surface area contributed by atoms with Crippen LogP contribution in [0.15, 0.2) is 0 Å². The molecule has 0 spiro atoms. The van der Waals surface area contributed by atoms with Crippen LogP contribution in [0.1, 0.15) is 22.5 Å². The minimum Gasteiger partial charge on any atom is -0.492 e. The van der Waals surface area contributed by atoms with E-state index in [9.17, 15) is 4.79 Å². The number of carbonyl (C=O) groups excluding carboxylic acids is 1. The topological polar surface area (TPSA) is 82.8 Å². The van der Waals surface area contributed by atoms with Crippen molar-refractivity contribution in [2.75, 3.05) is 45.5 Å². The van der Waals surface area contributed by atoms with Gasteiger partial charge in [-0.05, 0) is 12.8 Å². The molecule has 0 aliphatic heterocycles. The highest BCUT2D eigenvalue weighted by atomic mass is 32.1. The van der Waals surface area contributed by atoms with Gasteiger partial charge in [0.25, 0.3) is 0 Å². The fraction of sp³-hybridized carbons (Fsp3) is 0.643. The van der Waals surface area contributed by atoms with Gasteiger partial charge in [0.05, 0.1) is 30.4 Å². The number of hydrogen-bond acceptors (Lipinski definition) is 7. The zero-order chi connectivity index (χ0) is 15.4. The average molecular weight is 314 g/mol. The Bertz CT molecular complexity index is 499. The van der Waals surface area contributed by atoms with E-state index in [0.29, 0.717) is 29.5 Å². The van der Waals surface area contributed by atoms with E-state index in [4.69, 9.17) is 19.9 Å². The van der Waals surface area contributed by atoms with Crippen LogP contribution in [0, 0.1) is 5.92 Å². The minimum atomic E-state index is -0.0781. The van der Waals surface area contributed by atoms with Crippen LogP contribution >= 0.6 is 11.3 Å². The minimum absolute atomic E-state index is 0.0781. The number of thiophene rings is 1. The van der Waals surface area contributed by atoms with Gasteiger partial charge in [0.15, 0.2) is 11.5 Å². The molecule has 1 unspecified atom stereocenters. The molecule has 7 heteroatoms. The molecular weight excluding hydrogens is 292 g/mol. The normalized spacial score (nSPS) is 15.8. The van der Waals surface area contributed by atoms with Gasteiger partial charge >= 0.3 is 0 Å². The second-order valence-electron chi connectivity index (χ2n) is 5.04. The van der Waals surface area contributed by atoms with Crippen molar-refractivity contribution in [1.82, 2.24) is 0 Å². The van der Waals surface area contributed by atoms with Crippen LogP contribution in [-0.4, -0.2) is 46.4 Å². The molecule has 1 saturated carbocycles. The monoisotopic (exact) mass is 314 g/mol. The smallest absolute Gasteiger partial charge is 0.178 e. The average Bonchev–Trinajstić information content (AvgIpc) is 3.27. The van der Waals surface area contributed by atoms with Crippen LogP contribution in [0.2, 0.25) is 0 Å². The van der Waals surface area contributed by atoms with Crippen LogP contribution in [0.5, 0.6) is 5.75 Å². The maximum Gasteiger partial charge on any atom is 0.178 e. The van der Waals surface area contributed by atoms with E-state index in [1.165, 1.54) is 11.3 Å². The Morgan fingerprint density at radius 2 is 2.14 bits per heavy atom. The third-order valence-corrected chi connectivity index (χ3v) is 4.61. The van der Waals surface area contributed by atoms with E-state index in [1.807, 2.05) is 0 Å². The van der Waals surface area contributed by atoms with Crippen molar-refractivity contribution in [3.05, 3.63) is 4.88 Å². The van der Waals surface area contributed by atoms with Gasteiger partial charge in [-0.1, -0.05) is 0 Å². The van der Waals surface area contributed by atoms with E-state index >= 15 is 0 Å². The van der Waals surface area contributed by atoms with Crippen molar-refractivity contribution < 1.29 is 19.0 Å². The van der Waals surface area contributed by atoms with Gasteiger partial charge in [-0.15, -0.1) is 11.3 Å². The lowest BCUT2D eigenvalue weighted by molar-refractivity contribution is 0.0366. The van der Waals surface area contributed by atoms with Crippen molar-refractivity contribution in [2.45, 2.75) is 18.9 Å². The fourth-order valence-electron chi connectivity index (χ4n) is 2.06. The molecule has 1 aliphatic rings. The highest BCUT2D eigenvalue weighted by molar-refractivity contribution is 7.19. The molecule has 6 nitrogen and oxygen atoms in total. The maximum atomic E-state index is 12.2. The number of hydrogen-bond donors (Lipinski definition) is 2. The van der Waals surface area contributed by atoms with Crippen LogP contribution in [0.4, 0.5) is 10.7 Å². The number of methoxy groups -OCH3 is 3. The molecule has 0 radical (unpaired) electrons. The predicted octanol–water partition coefficient (Wildman–Crippen LogP) is 2.00. The van der Waals surface area contributed by atoms with Gasteiger partial charge in [-0.3, -0.25) is 4.79 Å². The Labute approximate surface area is 128 Å². The standard InChI is InChI=1S/C14H22N2O4S/c1-18-7-9(19-2)6-16-14-12(20-3)10(15)13(21-14)11(17)8-4-5-8/h8-9,16H,4-7,15H2,1-3H3. The lowest BCUT2D eigenvalue weighted by atomic mass is 10.2. The molecule has 0 saturated heterocycles. The first-order chi connectivity index (χ1) is 10.1. The Morgan fingerprint density at radius 3 is 2.67 bits per heavy atom. The quantitative estimate of drug-likeness (QED) is 0.678. The number of carbonyl (C=O) groups is 1. The molecule has 1 heterocycles. The number of ketones is 1. The second-order valence-corrected chi connectivity index (χ2v) is 6.06. The summed E-state index contributed by atoms with van der Waals surface area (Å²) in [6.07, 6.45) is 1.84. The molecule has 2 rings (SSSR count). The molecule has 1 aromatic heterocycles. The van der Waals surface area contributed by atoms with E-state index in [-0.39, 0.29) is 17.8 Å². The zero-order valence-corrected chi connectivity index (χ0v) is 13.4. The van der Waals surface area contributed by atoms with E-state index in [0.717, 1.165) is 17.8 Å². The second kappa shape index (κ2) is 7.11. The van der Waals surface area contributed by atoms with Gasteiger partial charge in [0, 0.05) is 26.7 Å². The van der Waals surface area contributed by atoms with Gasteiger partial charge in [-0.2, -0.15) is 0 Å². The van der Waals surface area contributed by atoms with Gasteiger partial charge in [-0.25, -0.2) is 0 Å². The predicted molar refractivity (Wildman–Crippen MR) is 83.5 cm³/mol. The van der Waals surface area contributed by atoms with Crippen LogP contribution in [-0.2, 0) is 9.47 Å². The molecule has 0 aromatic carbocycles. The Morgan fingerprint density at radius 1 is 1.43 bits per heavy atom. The summed E-state index contributed by atoms with van der Waals surface area (Å²) in [4.78, 5) is 12.8. The molecule has 0 amide bonds. The number of anilines is 2.